The number of hydrogen-bond donors (Lipinski definition) is 1. The number of hydrogen-bond acceptors (Lipinski definition) is 4. The van der Waals surface area contributed by atoms with Crippen LogP contribution in [0.4, 0.5) is 5.69 Å². The molecular formula is C8H9ClN2O3S. The van der Waals surface area contributed by atoms with Crippen LogP contribution in [0.15, 0.2) is 18.3 Å². The number of rotatable bonds is 3. The van der Waals surface area contributed by atoms with E-state index < -0.39 is 21.5 Å². The maximum Gasteiger partial charge on any atom is 0.239 e. The molecule has 1 rings (SSSR count). The van der Waals surface area contributed by atoms with Crippen LogP contribution in [0.25, 0.3) is 0 Å². The molecule has 0 atom stereocenters. The number of halogens is 1. The summed E-state index contributed by atoms with van der Waals surface area (Å²) >= 11 is 5.66. The second-order valence-corrected chi connectivity index (χ2v) is 5.46. The Kier molecular flexibility index (Phi) is 3.65. The first kappa shape index (κ1) is 11.9. The average Bonchev–Trinajstić information content (AvgIpc) is 2.05. The van der Waals surface area contributed by atoms with Crippen LogP contribution < -0.4 is 5.32 Å². The molecule has 0 aliphatic heterocycles. The number of nitrogens with one attached hydrogen (secondary N) is 1. The highest BCUT2D eigenvalue weighted by Crippen LogP contribution is 2.17. The van der Waals surface area contributed by atoms with Crippen LogP contribution in [0.3, 0.4) is 0 Å². The molecule has 0 bridgehead atoms. The molecule has 0 aromatic carbocycles. The van der Waals surface area contributed by atoms with Crippen LogP contribution in [-0.4, -0.2) is 31.3 Å². The van der Waals surface area contributed by atoms with Crippen LogP contribution in [0.5, 0.6) is 0 Å². The fourth-order valence-corrected chi connectivity index (χ4v) is 1.62. The number of amides is 1. The van der Waals surface area contributed by atoms with Crippen molar-refractivity contribution < 1.29 is 13.2 Å². The summed E-state index contributed by atoms with van der Waals surface area (Å²) in [5.74, 6) is -1.20. The minimum atomic E-state index is -3.33. The number of aromatic nitrogens is 1. The second kappa shape index (κ2) is 4.59. The first-order valence-corrected chi connectivity index (χ1v) is 6.40. The Hall–Kier alpha value is -1.14. The van der Waals surface area contributed by atoms with Crippen LogP contribution in [-0.2, 0) is 14.6 Å². The maximum atomic E-state index is 11.2. The zero-order chi connectivity index (χ0) is 11.5. The summed E-state index contributed by atoms with van der Waals surface area (Å²) in [5, 5.41) is 2.48. The molecular weight excluding hydrogens is 240 g/mol. The highest BCUT2D eigenvalue weighted by atomic mass is 35.5. The summed E-state index contributed by atoms with van der Waals surface area (Å²) in [7, 11) is -3.33. The largest absolute Gasteiger partial charge is 0.323 e. The highest BCUT2D eigenvalue weighted by molar-refractivity contribution is 7.91. The third-order valence-corrected chi connectivity index (χ3v) is 2.51. The van der Waals surface area contributed by atoms with Gasteiger partial charge in [0.15, 0.2) is 15.0 Å². The molecule has 0 aliphatic carbocycles. The Labute approximate surface area is 92.4 Å². The summed E-state index contributed by atoms with van der Waals surface area (Å²) in [6, 6.07) is 3.12. The molecule has 1 N–H and O–H groups in total. The van der Waals surface area contributed by atoms with E-state index >= 15 is 0 Å². The summed E-state index contributed by atoms with van der Waals surface area (Å²) in [6.07, 6.45) is 2.45. The van der Waals surface area contributed by atoms with Crippen molar-refractivity contribution in [2.75, 3.05) is 17.3 Å². The second-order valence-electron chi connectivity index (χ2n) is 2.96. The van der Waals surface area contributed by atoms with Gasteiger partial charge in [0, 0.05) is 12.5 Å². The van der Waals surface area contributed by atoms with Gasteiger partial charge in [0.1, 0.15) is 5.75 Å². The topological polar surface area (TPSA) is 76.1 Å². The van der Waals surface area contributed by atoms with E-state index in [4.69, 9.17) is 11.6 Å². The Morgan fingerprint density at radius 1 is 1.60 bits per heavy atom. The fourth-order valence-electron chi connectivity index (χ4n) is 0.904. The number of carbonyl (C=O) groups excluding carboxylic acids is 1. The number of pyridine rings is 1. The Bertz CT molecular complexity index is 473. The van der Waals surface area contributed by atoms with Gasteiger partial charge >= 0.3 is 0 Å². The minimum absolute atomic E-state index is 0.124. The van der Waals surface area contributed by atoms with E-state index in [-0.39, 0.29) is 5.15 Å². The predicted molar refractivity (Wildman–Crippen MR) is 57.6 cm³/mol. The molecule has 0 radical (unpaired) electrons. The average molecular weight is 249 g/mol. The first-order valence-electron chi connectivity index (χ1n) is 3.96. The van der Waals surface area contributed by atoms with Crippen molar-refractivity contribution in [3.8, 4) is 0 Å². The summed E-state index contributed by atoms with van der Waals surface area (Å²) < 4.78 is 21.6. The summed E-state index contributed by atoms with van der Waals surface area (Å²) in [6.45, 7) is 0. The summed E-state index contributed by atoms with van der Waals surface area (Å²) in [4.78, 5) is 14.9. The molecule has 5 nitrogen and oxygen atoms in total. The molecule has 1 aromatic heterocycles. The predicted octanol–water partition coefficient (Wildman–Crippen LogP) is 0.718. The molecule has 1 amide bonds. The lowest BCUT2D eigenvalue weighted by Gasteiger charge is -2.04. The van der Waals surface area contributed by atoms with Crippen molar-refractivity contribution in [3.63, 3.8) is 0 Å². The number of anilines is 1. The van der Waals surface area contributed by atoms with Gasteiger partial charge in [-0.1, -0.05) is 11.6 Å². The van der Waals surface area contributed by atoms with E-state index in [9.17, 15) is 13.2 Å². The van der Waals surface area contributed by atoms with Gasteiger partial charge in [0.2, 0.25) is 5.91 Å². The van der Waals surface area contributed by atoms with Gasteiger partial charge in [0.05, 0.1) is 5.69 Å². The molecule has 0 aliphatic rings. The maximum absolute atomic E-state index is 11.2. The zero-order valence-corrected chi connectivity index (χ0v) is 9.47. The Balaban J connectivity index is 2.72. The van der Waals surface area contributed by atoms with E-state index in [1.807, 2.05) is 0 Å². The lowest BCUT2D eigenvalue weighted by molar-refractivity contribution is -0.113. The van der Waals surface area contributed by atoms with E-state index in [1.54, 1.807) is 6.07 Å². The highest BCUT2D eigenvalue weighted by Gasteiger charge is 2.12. The van der Waals surface area contributed by atoms with Crippen LogP contribution >= 0.6 is 11.6 Å². The molecule has 82 valence electrons. The zero-order valence-electron chi connectivity index (χ0n) is 7.90. The van der Waals surface area contributed by atoms with Crippen LogP contribution in [0.1, 0.15) is 0 Å². The van der Waals surface area contributed by atoms with Crippen molar-refractivity contribution in [1.82, 2.24) is 4.98 Å². The lowest BCUT2D eigenvalue weighted by atomic mass is 10.4. The first-order chi connectivity index (χ1) is 6.88. The van der Waals surface area contributed by atoms with E-state index in [2.05, 4.69) is 10.3 Å². The number of nitrogens with zero attached hydrogens (tertiary/aromatic N) is 1. The van der Waals surface area contributed by atoms with E-state index in [0.717, 1.165) is 6.26 Å². The standard InChI is InChI=1S/C8H9ClN2O3S/c1-15(13,14)5-7(12)11-6-3-2-4-10-8(6)9/h2-4H,5H2,1H3,(H,11,12). The molecule has 1 aromatic rings. The molecule has 15 heavy (non-hydrogen) atoms. The Morgan fingerprint density at radius 2 is 2.27 bits per heavy atom. The van der Waals surface area contributed by atoms with Crippen molar-refractivity contribution in [2.24, 2.45) is 0 Å². The van der Waals surface area contributed by atoms with Gasteiger partial charge in [-0.3, -0.25) is 4.79 Å². The normalized spacial score (nSPS) is 11.1. The quantitative estimate of drug-likeness (QED) is 0.800. The smallest absolute Gasteiger partial charge is 0.239 e. The monoisotopic (exact) mass is 248 g/mol. The van der Waals surface area contributed by atoms with Gasteiger partial charge in [-0.2, -0.15) is 0 Å². The van der Waals surface area contributed by atoms with Crippen molar-refractivity contribution in [3.05, 3.63) is 23.5 Å². The van der Waals surface area contributed by atoms with E-state index in [0.29, 0.717) is 5.69 Å². The lowest BCUT2D eigenvalue weighted by Crippen LogP contribution is -2.22. The van der Waals surface area contributed by atoms with Gasteiger partial charge in [0.25, 0.3) is 0 Å². The molecule has 0 unspecified atom stereocenters. The van der Waals surface area contributed by atoms with Crippen molar-refractivity contribution in [2.45, 2.75) is 0 Å². The molecule has 0 spiro atoms. The van der Waals surface area contributed by atoms with Crippen LogP contribution in [0.2, 0.25) is 5.15 Å². The molecule has 1 heterocycles. The summed E-state index contributed by atoms with van der Waals surface area (Å²) in [5.41, 5.74) is 0.299. The van der Waals surface area contributed by atoms with Gasteiger partial charge < -0.3 is 5.32 Å². The fraction of sp³-hybridized carbons (Fsp3) is 0.250. The third kappa shape index (κ3) is 4.26. The number of carbonyl (C=O) groups is 1. The SMILES string of the molecule is CS(=O)(=O)CC(=O)Nc1cccnc1Cl. The molecule has 0 saturated carbocycles. The van der Waals surface area contributed by atoms with Gasteiger partial charge in [-0.15, -0.1) is 0 Å². The van der Waals surface area contributed by atoms with Gasteiger partial charge in [-0.25, -0.2) is 13.4 Å². The number of sulfone groups is 1. The van der Waals surface area contributed by atoms with Crippen molar-refractivity contribution in [1.29, 1.82) is 0 Å². The van der Waals surface area contributed by atoms with Crippen LogP contribution in [0, 0.1) is 0 Å². The molecule has 7 heteroatoms. The molecule has 0 fully saturated rings. The van der Waals surface area contributed by atoms with Crippen molar-refractivity contribution >= 4 is 33.0 Å². The van der Waals surface area contributed by atoms with E-state index in [1.165, 1.54) is 12.3 Å². The third-order valence-electron chi connectivity index (χ3n) is 1.43. The molecule has 0 saturated heterocycles. The van der Waals surface area contributed by atoms with Gasteiger partial charge in [-0.05, 0) is 12.1 Å². The Morgan fingerprint density at radius 3 is 2.80 bits per heavy atom. The minimum Gasteiger partial charge on any atom is -0.323 e.